The van der Waals surface area contributed by atoms with E-state index in [1.165, 1.54) is 0 Å². The summed E-state index contributed by atoms with van der Waals surface area (Å²) < 4.78 is 5.48. The molecule has 0 heterocycles. The Balaban J connectivity index is 2.63. The normalized spacial score (nSPS) is 11.8. The second kappa shape index (κ2) is 5.25. The van der Waals surface area contributed by atoms with E-state index in [9.17, 15) is 0 Å². The fourth-order valence-electron chi connectivity index (χ4n) is 0.985. The highest BCUT2D eigenvalue weighted by Gasteiger charge is 2.04. The number of ether oxygens (including phenoxy) is 1. The summed E-state index contributed by atoms with van der Waals surface area (Å²) in [6.45, 7) is 3.15. The van der Waals surface area contributed by atoms with E-state index >= 15 is 0 Å². The Morgan fingerprint density at radius 1 is 1.50 bits per heavy atom. The fraction of sp³-hybridized carbons (Fsp3) is 0.364. The number of para-hydroxylation sites is 1. The fourth-order valence-corrected chi connectivity index (χ4v) is 0.985. The SMILES string of the molecule is CC(CN)COc1ccccc1C#N. The average molecular weight is 190 g/mol. The maximum Gasteiger partial charge on any atom is 0.137 e. The first-order valence-electron chi connectivity index (χ1n) is 4.60. The van der Waals surface area contributed by atoms with Crippen molar-refractivity contribution in [2.45, 2.75) is 6.92 Å². The smallest absolute Gasteiger partial charge is 0.137 e. The van der Waals surface area contributed by atoms with E-state index in [-0.39, 0.29) is 0 Å². The van der Waals surface area contributed by atoms with Gasteiger partial charge in [0.05, 0.1) is 12.2 Å². The van der Waals surface area contributed by atoms with Gasteiger partial charge in [0.15, 0.2) is 0 Å². The lowest BCUT2D eigenvalue weighted by molar-refractivity contribution is 0.263. The number of nitrogens with two attached hydrogens (primary N) is 1. The predicted molar refractivity (Wildman–Crippen MR) is 54.9 cm³/mol. The highest BCUT2D eigenvalue weighted by molar-refractivity contribution is 5.42. The minimum atomic E-state index is 0.307. The van der Waals surface area contributed by atoms with Crippen LogP contribution in [0.2, 0.25) is 0 Å². The number of nitrogens with zero attached hydrogens (tertiary/aromatic N) is 1. The van der Waals surface area contributed by atoms with E-state index in [4.69, 9.17) is 15.7 Å². The van der Waals surface area contributed by atoms with Crippen molar-refractivity contribution < 1.29 is 4.74 Å². The molecule has 74 valence electrons. The Morgan fingerprint density at radius 2 is 2.21 bits per heavy atom. The van der Waals surface area contributed by atoms with Crippen molar-refractivity contribution in [2.75, 3.05) is 13.2 Å². The van der Waals surface area contributed by atoms with E-state index in [2.05, 4.69) is 6.07 Å². The lowest BCUT2D eigenvalue weighted by atomic mass is 10.2. The zero-order valence-corrected chi connectivity index (χ0v) is 8.23. The maximum atomic E-state index is 8.79. The lowest BCUT2D eigenvalue weighted by Gasteiger charge is -2.11. The number of rotatable bonds is 4. The minimum Gasteiger partial charge on any atom is -0.492 e. The molecule has 0 radical (unpaired) electrons. The molecule has 1 rings (SSSR count). The predicted octanol–water partition coefficient (Wildman–Crippen LogP) is 1.53. The van der Waals surface area contributed by atoms with Gasteiger partial charge >= 0.3 is 0 Å². The van der Waals surface area contributed by atoms with E-state index in [1.54, 1.807) is 12.1 Å². The summed E-state index contributed by atoms with van der Waals surface area (Å²) in [5.74, 6) is 0.942. The van der Waals surface area contributed by atoms with Crippen molar-refractivity contribution >= 4 is 0 Å². The standard InChI is InChI=1S/C11H14N2O/c1-9(6-12)8-14-11-5-3-2-4-10(11)7-13/h2-5,9H,6,8,12H2,1H3. The summed E-state index contributed by atoms with van der Waals surface area (Å²) in [6.07, 6.45) is 0. The highest BCUT2D eigenvalue weighted by Crippen LogP contribution is 2.16. The molecule has 0 aliphatic rings. The quantitative estimate of drug-likeness (QED) is 0.783. The van der Waals surface area contributed by atoms with Gasteiger partial charge in [-0.1, -0.05) is 19.1 Å². The van der Waals surface area contributed by atoms with E-state index in [1.807, 2.05) is 19.1 Å². The summed E-state index contributed by atoms with van der Waals surface area (Å²) in [6, 6.07) is 9.28. The highest BCUT2D eigenvalue weighted by atomic mass is 16.5. The van der Waals surface area contributed by atoms with Gasteiger partial charge in [-0.3, -0.25) is 0 Å². The van der Waals surface area contributed by atoms with Crippen molar-refractivity contribution in [1.29, 1.82) is 5.26 Å². The third-order valence-electron chi connectivity index (χ3n) is 1.93. The van der Waals surface area contributed by atoms with Crippen molar-refractivity contribution in [2.24, 2.45) is 11.7 Å². The minimum absolute atomic E-state index is 0.307. The summed E-state index contributed by atoms with van der Waals surface area (Å²) >= 11 is 0. The van der Waals surface area contributed by atoms with Crippen molar-refractivity contribution in [1.82, 2.24) is 0 Å². The van der Waals surface area contributed by atoms with Crippen LogP contribution in [-0.4, -0.2) is 13.2 Å². The topological polar surface area (TPSA) is 59.0 Å². The molecule has 0 amide bonds. The van der Waals surface area contributed by atoms with Crippen molar-refractivity contribution in [3.63, 3.8) is 0 Å². The van der Waals surface area contributed by atoms with Crippen molar-refractivity contribution in [3.05, 3.63) is 29.8 Å². The van der Waals surface area contributed by atoms with Crippen LogP contribution in [0.3, 0.4) is 0 Å². The monoisotopic (exact) mass is 190 g/mol. The molecule has 0 saturated heterocycles. The van der Waals surface area contributed by atoms with Gasteiger partial charge in [-0.05, 0) is 18.7 Å². The summed E-state index contributed by atoms with van der Waals surface area (Å²) in [7, 11) is 0. The first-order chi connectivity index (χ1) is 6.77. The molecule has 0 aliphatic carbocycles. The molecule has 1 aromatic carbocycles. The van der Waals surface area contributed by atoms with Crippen molar-refractivity contribution in [3.8, 4) is 11.8 Å². The zero-order valence-electron chi connectivity index (χ0n) is 8.23. The largest absolute Gasteiger partial charge is 0.492 e. The van der Waals surface area contributed by atoms with Crippen LogP contribution in [0.15, 0.2) is 24.3 Å². The molecule has 3 heteroatoms. The average Bonchev–Trinajstić information content (AvgIpc) is 2.26. The molecule has 1 atom stereocenters. The third kappa shape index (κ3) is 2.75. The van der Waals surface area contributed by atoms with E-state index in [0.29, 0.717) is 30.4 Å². The molecule has 2 N–H and O–H groups in total. The Kier molecular flexibility index (Phi) is 3.96. The molecule has 0 aromatic heterocycles. The molecule has 0 aliphatic heterocycles. The number of hydrogen-bond acceptors (Lipinski definition) is 3. The molecular formula is C11H14N2O. The first-order valence-corrected chi connectivity index (χ1v) is 4.60. The molecule has 1 aromatic rings. The summed E-state index contributed by atoms with van der Waals surface area (Å²) in [4.78, 5) is 0. The van der Waals surface area contributed by atoms with Crippen LogP contribution in [0.4, 0.5) is 0 Å². The van der Waals surface area contributed by atoms with Crippen LogP contribution in [0.25, 0.3) is 0 Å². The second-order valence-electron chi connectivity index (χ2n) is 3.26. The van der Waals surface area contributed by atoms with Crippen LogP contribution in [-0.2, 0) is 0 Å². The van der Waals surface area contributed by atoms with Gasteiger partial charge in [0, 0.05) is 5.92 Å². The first kappa shape index (κ1) is 10.6. The van der Waals surface area contributed by atoms with Crippen LogP contribution in [0, 0.1) is 17.2 Å². The molecule has 1 unspecified atom stereocenters. The third-order valence-corrected chi connectivity index (χ3v) is 1.93. The molecule has 3 nitrogen and oxygen atoms in total. The number of nitriles is 1. The van der Waals surface area contributed by atoms with Gasteiger partial charge in [0.25, 0.3) is 0 Å². The molecule has 0 spiro atoms. The van der Waals surface area contributed by atoms with E-state index < -0.39 is 0 Å². The molecule has 0 fully saturated rings. The number of benzene rings is 1. The van der Waals surface area contributed by atoms with Crippen LogP contribution < -0.4 is 10.5 Å². The van der Waals surface area contributed by atoms with Gasteiger partial charge in [0.2, 0.25) is 0 Å². The van der Waals surface area contributed by atoms with Gasteiger partial charge in [-0.25, -0.2) is 0 Å². The molecule has 0 bridgehead atoms. The Hall–Kier alpha value is -1.53. The molecule has 0 saturated carbocycles. The van der Waals surface area contributed by atoms with Gasteiger partial charge in [-0.15, -0.1) is 0 Å². The van der Waals surface area contributed by atoms with E-state index in [0.717, 1.165) is 0 Å². The Labute approximate surface area is 84.1 Å². The number of hydrogen-bond donors (Lipinski definition) is 1. The molecular weight excluding hydrogens is 176 g/mol. The Bertz CT molecular complexity index is 330. The summed E-state index contributed by atoms with van der Waals surface area (Å²) in [5.41, 5.74) is 6.03. The second-order valence-corrected chi connectivity index (χ2v) is 3.26. The Morgan fingerprint density at radius 3 is 2.86 bits per heavy atom. The van der Waals surface area contributed by atoms with Gasteiger partial charge in [0.1, 0.15) is 11.8 Å². The van der Waals surface area contributed by atoms with Crippen LogP contribution in [0.1, 0.15) is 12.5 Å². The molecule has 14 heavy (non-hydrogen) atoms. The van der Waals surface area contributed by atoms with Gasteiger partial charge < -0.3 is 10.5 Å². The summed E-state index contributed by atoms with van der Waals surface area (Å²) in [5, 5.41) is 8.79. The lowest BCUT2D eigenvalue weighted by Crippen LogP contribution is -2.18. The van der Waals surface area contributed by atoms with Gasteiger partial charge in [-0.2, -0.15) is 5.26 Å². The maximum absolute atomic E-state index is 8.79. The van der Waals surface area contributed by atoms with Crippen LogP contribution in [0.5, 0.6) is 5.75 Å². The van der Waals surface area contributed by atoms with Crippen LogP contribution >= 0.6 is 0 Å². The zero-order chi connectivity index (χ0) is 10.4.